The molecule has 1 aromatic rings. The normalized spacial score (nSPS) is 20.9. The van der Waals surface area contributed by atoms with E-state index < -0.39 is 11.6 Å². The molecule has 2 rings (SSSR count). The fraction of sp³-hybridized carbons (Fsp3) is 0.462. The summed E-state index contributed by atoms with van der Waals surface area (Å²) in [5.74, 6) is -1.59. The molecule has 2 N–H and O–H groups in total. The summed E-state index contributed by atoms with van der Waals surface area (Å²) in [5, 5.41) is 0. The van der Waals surface area contributed by atoms with Crippen molar-refractivity contribution >= 4 is 5.91 Å². The van der Waals surface area contributed by atoms with Crippen molar-refractivity contribution in [2.24, 2.45) is 11.7 Å². The fourth-order valence-corrected chi connectivity index (χ4v) is 2.32. The minimum atomic E-state index is -0.579. The van der Waals surface area contributed by atoms with Crippen LogP contribution in [0.1, 0.15) is 18.4 Å². The van der Waals surface area contributed by atoms with Gasteiger partial charge in [-0.05, 0) is 25.5 Å². The van der Waals surface area contributed by atoms with E-state index in [2.05, 4.69) is 0 Å². The summed E-state index contributed by atoms with van der Waals surface area (Å²) in [6.45, 7) is 1.74. The monoisotopic (exact) mass is 254 g/mol. The van der Waals surface area contributed by atoms with E-state index in [1.807, 2.05) is 4.90 Å². The molecule has 0 aliphatic carbocycles. The largest absolute Gasteiger partial charge is 0.369 e. The molecule has 0 unspecified atom stereocenters. The average molecular weight is 254 g/mol. The molecule has 0 spiro atoms. The predicted molar refractivity (Wildman–Crippen MR) is 63.6 cm³/mol. The summed E-state index contributed by atoms with van der Waals surface area (Å²) in [4.78, 5) is 13.1. The van der Waals surface area contributed by atoms with Gasteiger partial charge in [0, 0.05) is 24.7 Å². The van der Waals surface area contributed by atoms with Crippen molar-refractivity contribution in [3.05, 3.63) is 35.4 Å². The molecule has 1 heterocycles. The van der Waals surface area contributed by atoms with Crippen molar-refractivity contribution in [3.63, 3.8) is 0 Å². The Morgan fingerprint density at radius 3 is 2.89 bits per heavy atom. The number of amides is 1. The van der Waals surface area contributed by atoms with E-state index in [9.17, 15) is 13.6 Å². The molecule has 18 heavy (non-hydrogen) atoms. The van der Waals surface area contributed by atoms with Crippen LogP contribution in [0.25, 0.3) is 0 Å². The van der Waals surface area contributed by atoms with Gasteiger partial charge in [-0.1, -0.05) is 6.07 Å². The van der Waals surface area contributed by atoms with Crippen molar-refractivity contribution in [1.82, 2.24) is 4.90 Å². The Kier molecular flexibility index (Phi) is 3.91. The third-order valence-electron chi connectivity index (χ3n) is 3.32. The smallest absolute Gasteiger partial charge is 0.221 e. The Morgan fingerprint density at radius 1 is 1.44 bits per heavy atom. The number of hydrogen-bond donors (Lipinski definition) is 1. The van der Waals surface area contributed by atoms with E-state index in [0.717, 1.165) is 25.5 Å². The summed E-state index contributed by atoms with van der Waals surface area (Å²) in [7, 11) is 0. The molecule has 1 saturated heterocycles. The number of piperidine rings is 1. The molecule has 1 aliphatic heterocycles. The number of primary amides is 1. The van der Waals surface area contributed by atoms with Gasteiger partial charge < -0.3 is 5.73 Å². The van der Waals surface area contributed by atoms with Gasteiger partial charge in [0.05, 0.1) is 5.92 Å². The predicted octanol–water partition coefficient (Wildman–Crippen LogP) is 1.66. The molecule has 1 fully saturated rings. The minimum absolute atomic E-state index is 0.165. The van der Waals surface area contributed by atoms with Crippen LogP contribution in [0, 0.1) is 17.6 Å². The van der Waals surface area contributed by atoms with Crippen LogP contribution in [0.15, 0.2) is 18.2 Å². The second-order valence-electron chi connectivity index (χ2n) is 4.71. The third kappa shape index (κ3) is 3.04. The van der Waals surface area contributed by atoms with Gasteiger partial charge in [-0.25, -0.2) is 8.78 Å². The van der Waals surface area contributed by atoms with Crippen LogP contribution in [0.5, 0.6) is 0 Å². The van der Waals surface area contributed by atoms with E-state index in [1.54, 1.807) is 0 Å². The van der Waals surface area contributed by atoms with E-state index in [-0.39, 0.29) is 11.8 Å². The first-order valence-electron chi connectivity index (χ1n) is 6.02. The quantitative estimate of drug-likeness (QED) is 0.891. The van der Waals surface area contributed by atoms with Crippen molar-refractivity contribution in [3.8, 4) is 0 Å². The first-order valence-corrected chi connectivity index (χ1v) is 6.02. The first kappa shape index (κ1) is 13.0. The molecule has 0 bridgehead atoms. The average Bonchev–Trinajstić information content (AvgIpc) is 2.33. The van der Waals surface area contributed by atoms with Crippen LogP contribution in [0.2, 0.25) is 0 Å². The van der Waals surface area contributed by atoms with Crippen molar-refractivity contribution in [2.45, 2.75) is 19.4 Å². The summed E-state index contributed by atoms with van der Waals surface area (Å²) in [6.07, 6.45) is 1.66. The summed E-state index contributed by atoms with van der Waals surface area (Å²) >= 11 is 0. The number of rotatable bonds is 3. The third-order valence-corrected chi connectivity index (χ3v) is 3.32. The lowest BCUT2D eigenvalue weighted by atomic mass is 9.97. The number of benzene rings is 1. The zero-order valence-corrected chi connectivity index (χ0v) is 10.0. The molecule has 0 aromatic heterocycles. The molecule has 1 amide bonds. The van der Waals surface area contributed by atoms with Crippen LogP contribution in [0.3, 0.4) is 0 Å². The Labute approximate surface area is 105 Å². The Bertz CT molecular complexity index is 451. The molecule has 0 saturated carbocycles. The number of carbonyl (C=O) groups is 1. The lowest BCUT2D eigenvalue weighted by Crippen LogP contribution is -2.40. The van der Waals surface area contributed by atoms with Gasteiger partial charge >= 0.3 is 0 Å². The maximum absolute atomic E-state index is 13.5. The number of nitrogens with two attached hydrogens (primary N) is 1. The van der Waals surface area contributed by atoms with Gasteiger partial charge in [-0.2, -0.15) is 0 Å². The minimum Gasteiger partial charge on any atom is -0.369 e. The molecule has 5 heteroatoms. The summed E-state index contributed by atoms with van der Waals surface area (Å²) in [6, 6.07) is 3.57. The highest BCUT2D eigenvalue weighted by Gasteiger charge is 2.24. The van der Waals surface area contributed by atoms with E-state index in [4.69, 9.17) is 5.73 Å². The molecular weight excluding hydrogens is 238 g/mol. The summed E-state index contributed by atoms with van der Waals surface area (Å²) < 4.78 is 26.3. The molecule has 0 radical (unpaired) electrons. The number of halogens is 2. The highest BCUT2D eigenvalue weighted by molar-refractivity contribution is 5.76. The fourth-order valence-electron chi connectivity index (χ4n) is 2.32. The molecule has 98 valence electrons. The Morgan fingerprint density at radius 2 is 2.22 bits per heavy atom. The van der Waals surface area contributed by atoms with E-state index >= 15 is 0 Å². The van der Waals surface area contributed by atoms with Gasteiger partial charge in [0.2, 0.25) is 5.91 Å². The molecule has 3 nitrogen and oxygen atoms in total. The number of nitrogens with zero attached hydrogens (tertiary/aromatic N) is 1. The SMILES string of the molecule is NC(=O)[C@@H]1CCCN(Cc2ccc(F)cc2F)C1. The topological polar surface area (TPSA) is 46.3 Å². The second-order valence-corrected chi connectivity index (χ2v) is 4.71. The van der Waals surface area contributed by atoms with Crippen LogP contribution >= 0.6 is 0 Å². The lowest BCUT2D eigenvalue weighted by molar-refractivity contribution is -0.123. The van der Waals surface area contributed by atoms with Crippen molar-refractivity contribution in [1.29, 1.82) is 0 Å². The van der Waals surface area contributed by atoms with Crippen LogP contribution in [0.4, 0.5) is 8.78 Å². The zero-order chi connectivity index (χ0) is 13.1. The van der Waals surface area contributed by atoms with Crippen LogP contribution < -0.4 is 5.73 Å². The van der Waals surface area contributed by atoms with Crippen LogP contribution in [-0.4, -0.2) is 23.9 Å². The molecule has 1 aliphatic rings. The van der Waals surface area contributed by atoms with E-state index in [0.29, 0.717) is 18.7 Å². The first-order chi connectivity index (χ1) is 8.56. The van der Waals surface area contributed by atoms with Gasteiger partial charge in [0.1, 0.15) is 11.6 Å². The summed E-state index contributed by atoms with van der Waals surface area (Å²) in [5.41, 5.74) is 5.73. The Hall–Kier alpha value is -1.49. The second kappa shape index (κ2) is 5.44. The standard InChI is InChI=1S/C13H16F2N2O/c14-11-4-3-9(12(15)6-11)7-17-5-1-2-10(8-17)13(16)18/h3-4,6,10H,1-2,5,7-8H2,(H2,16,18)/t10-/m1/s1. The number of carbonyl (C=O) groups excluding carboxylic acids is 1. The number of likely N-dealkylation sites (tertiary alicyclic amines) is 1. The lowest BCUT2D eigenvalue weighted by Gasteiger charge is -2.31. The Balaban J connectivity index is 2.02. The van der Waals surface area contributed by atoms with Crippen molar-refractivity contribution < 1.29 is 13.6 Å². The van der Waals surface area contributed by atoms with Crippen molar-refractivity contribution in [2.75, 3.05) is 13.1 Å². The highest BCUT2D eigenvalue weighted by atomic mass is 19.1. The van der Waals surface area contributed by atoms with Gasteiger partial charge in [-0.3, -0.25) is 9.69 Å². The van der Waals surface area contributed by atoms with Crippen LogP contribution in [-0.2, 0) is 11.3 Å². The maximum atomic E-state index is 13.5. The zero-order valence-electron chi connectivity index (χ0n) is 10.0. The number of hydrogen-bond acceptors (Lipinski definition) is 2. The molecular formula is C13H16F2N2O. The maximum Gasteiger partial charge on any atom is 0.221 e. The molecule has 1 aromatic carbocycles. The van der Waals surface area contributed by atoms with Gasteiger partial charge in [0.25, 0.3) is 0 Å². The molecule has 1 atom stereocenters. The highest BCUT2D eigenvalue weighted by Crippen LogP contribution is 2.19. The van der Waals surface area contributed by atoms with Gasteiger partial charge in [-0.15, -0.1) is 0 Å². The van der Waals surface area contributed by atoms with Gasteiger partial charge in [0.15, 0.2) is 0 Å². The van der Waals surface area contributed by atoms with E-state index in [1.165, 1.54) is 12.1 Å².